The van der Waals surface area contributed by atoms with E-state index in [0.29, 0.717) is 13.2 Å². The van der Waals surface area contributed by atoms with Gasteiger partial charge in [0.15, 0.2) is 0 Å². The lowest BCUT2D eigenvalue weighted by Crippen LogP contribution is -2.29. The molecule has 1 aromatic heterocycles. The summed E-state index contributed by atoms with van der Waals surface area (Å²) in [4.78, 5) is 18.3. The molecule has 0 aliphatic rings. The standard InChI is InChI=1S/C20H20N2O3S/c1-22(13-14-25-16-9-7-15(24-2)8-10-16)20(23)12-11-19-21-17-5-3-4-6-18(17)26-19/h3-12H,13-14H2,1-2H3/b12-11+. The molecule has 0 spiro atoms. The van der Waals surface area contributed by atoms with E-state index in [1.165, 1.54) is 0 Å². The average molecular weight is 368 g/mol. The van der Waals surface area contributed by atoms with Gasteiger partial charge < -0.3 is 14.4 Å². The second-order valence-electron chi connectivity index (χ2n) is 5.64. The van der Waals surface area contributed by atoms with Crippen LogP contribution >= 0.6 is 11.3 Å². The molecular weight excluding hydrogens is 348 g/mol. The van der Waals surface area contributed by atoms with Crippen molar-refractivity contribution in [1.82, 2.24) is 9.88 Å². The molecule has 1 amide bonds. The number of hydrogen-bond acceptors (Lipinski definition) is 5. The maximum absolute atomic E-state index is 12.2. The SMILES string of the molecule is COc1ccc(OCCN(C)C(=O)/C=C/c2nc3ccccc3s2)cc1. The molecule has 1 heterocycles. The third-order valence-electron chi connectivity index (χ3n) is 3.81. The molecule has 5 nitrogen and oxygen atoms in total. The molecule has 0 unspecified atom stereocenters. The van der Waals surface area contributed by atoms with Gasteiger partial charge in [-0.05, 0) is 42.5 Å². The Bertz CT molecular complexity index is 870. The molecule has 0 saturated carbocycles. The smallest absolute Gasteiger partial charge is 0.246 e. The summed E-state index contributed by atoms with van der Waals surface area (Å²) in [6.07, 6.45) is 3.30. The van der Waals surface area contributed by atoms with E-state index in [1.807, 2.05) is 48.5 Å². The zero-order valence-corrected chi connectivity index (χ0v) is 15.5. The number of para-hydroxylation sites is 1. The highest BCUT2D eigenvalue weighted by atomic mass is 32.1. The lowest BCUT2D eigenvalue weighted by Gasteiger charge is -2.15. The van der Waals surface area contributed by atoms with E-state index in [0.717, 1.165) is 26.7 Å². The number of likely N-dealkylation sites (N-methyl/N-ethyl adjacent to an activating group) is 1. The Balaban J connectivity index is 1.49. The van der Waals surface area contributed by atoms with Gasteiger partial charge in [-0.2, -0.15) is 0 Å². The van der Waals surface area contributed by atoms with E-state index >= 15 is 0 Å². The predicted octanol–water partition coefficient (Wildman–Crippen LogP) is 3.86. The van der Waals surface area contributed by atoms with E-state index in [4.69, 9.17) is 9.47 Å². The normalized spacial score (nSPS) is 11.0. The Morgan fingerprint density at radius 3 is 2.62 bits per heavy atom. The first-order valence-electron chi connectivity index (χ1n) is 8.21. The molecule has 0 N–H and O–H groups in total. The summed E-state index contributed by atoms with van der Waals surface area (Å²) in [5.74, 6) is 1.45. The molecule has 0 aliphatic heterocycles. The highest BCUT2D eigenvalue weighted by molar-refractivity contribution is 7.19. The van der Waals surface area contributed by atoms with Crippen LogP contribution in [0.3, 0.4) is 0 Å². The molecule has 134 valence electrons. The van der Waals surface area contributed by atoms with Gasteiger partial charge in [0.25, 0.3) is 0 Å². The van der Waals surface area contributed by atoms with Crippen LogP contribution in [0.2, 0.25) is 0 Å². The van der Waals surface area contributed by atoms with Crippen LogP contribution in [-0.2, 0) is 4.79 Å². The summed E-state index contributed by atoms with van der Waals surface area (Å²) in [5.41, 5.74) is 0.950. The number of ether oxygens (including phenoxy) is 2. The summed E-state index contributed by atoms with van der Waals surface area (Å²) < 4.78 is 11.9. The van der Waals surface area contributed by atoms with Gasteiger partial charge in [-0.25, -0.2) is 4.98 Å². The quantitative estimate of drug-likeness (QED) is 0.594. The fraction of sp³-hybridized carbons (Fsp3) is 0.200. The van der Waals surface area contributed by atoms with Crippen molar-refractivity contribution < 1.29 is 14.3 Å². The first kappa shape index (κ1) is 17.9. The average Bonchev–Trinajstić information content (AvgIpc) is 3.09. The number of fused-ring (bicyclic) bond motifs is 1. The first-order chi connectivity index (χ1) is 12.7. The summed E-state index contributed by atoms with van der Waals surface area (Å²) in [5, 5.41) is 0.822. The van der Waals surface area contributed by atoms with Crippen LogP contribution in [0.4, 0.5) is 0 Å². The number of benzene rings is 2. The largest absolute Gasteiger partial charge is 0.497 e. The van der Waals surface area contributed by atoms with Crippen molar-refractivity contribution in [3.05, 3.63) is 59.6 Å². The minimum Gasteiger partial charge on any atom is -0.497 e. The van der Waals surface area contributed by atoms with Crippen LogP contribution in [0.15, 0.2) is 54.6 Å². The van der Waals surface area contributed by atoms with Gasteiger partial charge in [0, 0.05) is 13.1 Å². The summed E-state index contributed by atoms with van der Waals surface area (Å²) in [7, 11) is 3.38. The molecule has 0 radical (unpaired) electrons. The Hall–Kier alpha value is -2.86. The van der Waals surface area contributed by atoms with Gasteiger partial charge in [-0.15, -0.1) is 11.3 Å². The number of methoxy groups -OCH3 is 1. The third kappa shape index (κ3) is 4.61. The van der Waals surface area contributed by atoms with Gasteiger partial charge in [0.1, 0.15) is 23.1 Å². The Labute approximate surface area is 156 Å². The number of rotatable bonds is 7. The van der Waals surface area contributed by atoms with Crippen molar-refractivity contribution in [3.63, 3.8) is 0 Å². The molecule has 0 aliphatic carbocycles. The lowest BCUT2D eigenvalue weighted by atomic mass is 10.3. The Morgan fingerprint density at radius 1 is 1.15 bits per heavy atom. The topological polar surface area (TPSA) is 51.7 Å². The third-order valence-corrected chi connectivity index (χ3v) is 4.81. The van der Waals surface area contributed by atoms with Gasteiger partial charge in [0.2, 0.25) is 5.91 Å². The minimum absolute atomic E-state index is 0.0809. The molecular formula is C20H20N2O3S. The van der Waals surface area contributed by atoms with Crippen LogP contribution in [0.1, 0.15) is 5.01 Å². The van der Waals surface area contributed by atoms with Crippen molar-refractivity contribution in [2.24, 2.45) is 0 Å². The highest BCUT2D eigenvalue weighted by Crippen LogP contribution is 2.22. The highest BCUT2D eigenvalue weighted by Gasteiger charge is 2.06. The minimum atomic E-state index is -0.0809. The van der Waals surface area contributed by atoms with Crippen LogP contribution in [0, 0.1) is 0 Å². The second-order valence-corrected chi connectivity index (χ2v) is 6.70. The fourth-order valence-electron chi connectivity index (χ4n) is 2.31. The predicted molar refractivity (Wildman–Crippen MR) is 105 cm³/mol. The molecule has 26 heavy (non-hydrogen) atoms. The van der Waals surface area contributed by atoms with Crippen molar-refractivity contribution in [3.8, 4) is 11.5 Å². The molecule has 6 heteroatoms. The fourth-order valence-corrected chi connectivity index (χ4v) is 3.18. The molecule has 0 fully saturated rings. The number of amides is 1. The van der Waals surface area contributed by atoms with E-state index in [9.17, 15) is 4.79 Å². The van der Waals surface area contributed by atoms with Crippen molar-refractivity contribution in [2.45, 2.75) is 0 Å². The molecule has 0 bridgehead atoms. The zero-order chi connectivity index (χ0) is 18.4. The van der Waals surface area contributed by atoms with E-state index in [2.05, 4.69) is 4.98 Å². The summed E-state index contributed by atoms with van der Waals surface area (Å²) in [6.45, 7) is 0.915. The zero-order valence-electron chi connectivity index (χ0n) is 14.7. The molecule has 0 atom stereocenters. The van der Waals surface area contributed by atoms with Crippen molar-refractivity contribution in [1.29, 1.82) is 0 Å². The summed E-state index contributed by atoms with van der Waals surface area (Å²) in [6, 6.07) is 15.3. The summed E-state index contributed by atoms with van der Waals surface area (Å²) >= 11 is 1.57. The van der Waals surface area contributed by atoms with Crippen molar-refractivity contribution in [2.75, 3.05) is 27.3 Å². The van der Waals surface area contributed by atoms with E-state index < -0.39 is 0 Å². The van der Waals surface area contributed by atoms with Crippen LogP contribution in [0.25, 0.3) is 16.3 Å². The second kappa shape index (κ2) is 8.49. The number of carbonyl (C=O) groups is 1. The number of nitrogens with zero attached hydrogens (tertiary/aromatic N) is 2. The lowest BCUT2D eigenvalue weighted by molar-refractivity contribution is -0.125. The Kier molecular flexibility index (Phi) is 5.86. The molecule has 3 rings (SSSR count). The first-order valence-corrected chi connectivity index (χ1v) is 9.03. The Morgan fingerprint density at radius 2 is 1.88 bits per heavy atom. The maximum atomic E-state index is 12.2. The van der Waals surface area contributed by atoms with Crippen LogP contribution in [0.5, 0.6) is 11.5 Å². The van der Waals surface area contributed by atoms with Crippen LogP contribution < -0.4 is 9.47 Å². The van der Waals surface area contributed by atoms with E-state index in [-0.39, 0.29) is 5.91 Å². The van der Waals surface area contributed by atoms with Gasteiger partial charge >= 0.3 is 0 Å². The molecule has 3 aromatic rings. The van der Waals surface area contributed by atoms with E-state index in [1.54, 1.807) is 42.5 Å². The number of hydrogen-bond donors (Lipinski definition) is 0. The maximum Gasteiger partial charge on any atom is 0.246 e. The molecule has 0 saturated heterocycles. The number of carbonyl (C=O) groups excluding carboxylic acids is 1. The van der Waals surface area contributed by atoms with Gasteiger partial charge in [0.05, 0.1) is 23.9 Å². The van der Waals surface area contributed by atoms with Crippen LogP contribution in [-0.4, -0.2) is 43.1 Å². The number of thiazole rings is 1. The van der Waals surface area contributed by atoms with Gasteiger partial charge in [-0.3, -0.25) is 4.79 Å². The number of aromatic nitrogens is 1. The van der Waals surface area contributed by atoms with Gasteiger partial charge in [-0.1, -0.05) is 12.1 Å². The monoisotopic (exact) mass is 368 g/mol. The van der Waals surface area contributed by atoms with Crippen molar-refractivity contribution >= 4 is 33.5 Å². The molecule has 2 aromatic carbocycles.